The van der Waals surface area contributed by atoms with Crippen molar-refractivity contribution in [3.05, 3.63) is 77.4 Å². The van der Waals surface area contributed by atoms with Gasteiger partial charge in [0.2, 0.25) is 5.91 Å². The van der Waals surface area contributed by atoms with Gasteiger partial charge in [-0.1, -0.05) is 54.6 Å². The van der Waals surface area contributed by atoms with Gasteiger partial charge in [-0.25, -0.2) is 8.42 Å². The predicted molar refractivity (Wildman–Crippen MR) is 109 cm³/mol. The fourth-order valence-corrected chi connectivity index (χ4v) is 5.06. The van der Waals surface area contributed by atoms with Crippen LogP contribution >= 0.6 is 0 Å². The molecule has 0 spiro atoms. The normalized spacial score (nSPS) is 13.0. The molecule has 1 aliphatic carbocycles. The molecule has 0 heterocycles. The van der Waals surface area contributed by atoms with Crippen LogP contribution in [0.2, 0.25) is 0 Å². The van der Waals surface area contributed by atoms with E-state index in [0.29, 0.717) is 0 Å². The van der Waals surface area contributed by atoms with Crippen molar-refractivity contribution in [3.8, 4) is 0 Å². The standard InChI is InChI=1S/C22H21NO3S/c24-21(13-14-27(25,26)15-16-5-2-1-3-6-16)23-20-12-11-18-10-9-17-7-4-8-19(20)22(17)18/h1-8,11-12H,9-10,13-15H2,(H,23,24). The monoisotopic (exact) mass is 379 g/mol. The second kappa shape index (κ2) is 7.16. The molecular weight excluding hydrogens is 358 g/mol. The number of carbonyl (C=O) groups is 1. The minimum atomic E-state index is -3.33. The third-order valence-corrected chi connectivity index (χ3v) is 6.62. The highest BCUT2D eigenvalue weighted by molar-refractivity contribution is 7.90. The molecule has 0 aliphatic heterocycles. The third kappa shape index (κ3) is 3.88. The summed E-state index contributed by atoms with van der Waals surface area (Å²) in [5.74, 6) is -0.470. The largest absolute Gasteiger partial charge is 0.325 e. The van der Waals surface area contributed by atoms with Crippen LogP contribution in [0.25, 0.3) is 10.8 Å². The number of carbonyl (C=O) groups excluding carboxylic acids is 1. The van der Waals surface area contributed by atoms with Crippen LogP contribution in [0.4, 0.5) is 5.69 Å². The molecule has 1 amide bonds. The Hall–Kier alpha value is -2.66. The third-order valence-electron chi connectivity index (χ3n) is 5.02. The number of rotatable bonds is 6. The Balaban J connectivity index is 1.44. The summed E-state index contributed by atoms with van der Waals surface area (Å²) in [7, 11) is -3.33. The molecule has 3 aromatic rings. The van der Waals surface area contributed by atoms with Gasteiger partial charge in [-0.3, -0.25) is 4.79 Å². The highest BCUT2D eigenvalue weighted by atomic mass is 32.2. The van der Waals surface area contributed by atoms with Crippen molar-refractivity contribution in [1.82, 2.24) is 0 Å². The lowest BCUT2D eigenvalue weighted by atomic mass is 10.0. The van der Waals surface area contributed by atoms with E-state index in [4.69, 9.17) is 0 Å². The fraction of sp³-hybridized carbons (Fsp3) is 0.227. The number of sulfone groups is 1. The number of amides is 1. The van der Waals surface area contributed by atoms with Crippen molar-refractivity contribution >= 4 is 32.2 Å². The first kappa shape index (κ1) is 17.7. The molecule has 138 valence electrons. The molecule has 0 saturated carbocycles. The number of benzene rings is 3. The highest BCUT2D eigenvalue weighted by Crippen LogP contribution is 2.35. The molecule has 0 bridgehead atoms. The summed E-state index contributed by atoms with van der Waals surface area (Å²) >= 11 is 0. The smallest absolute Gasteiger partial charge is 0.225 e. The molecule has 27 heavy (non-hydrogen) atoms. The zero-order valence-electron chi connectivity index (χ0n) is 14.9. The predicted octanol–water partition coefficient (Wildman–Crippen LogP) is 3.88. The topological polar surface area (TPSA) is 63.2 Å². The van der Waals surface area contributed by atoms with Gasteiger partial charge in [-0.05, 0) is 41.0 Å². The summed E-state index contributed by atoms with van der Waals surface area (Å²) in [5, 5.41) is 5.16. The van der Waals surface area contributed by atoms with Gasteiger partial charge in [0, 0.05) is 17.5 Å². The van der Waals surface area contributed by atoms with Crippen molar-refractivity contribution in [2.45, 2.75) is 25.0 Å². The summed E-state index contributed by atoms with van der Waals surface area (Å²) < 4.78 is 24.6. The van der Waals surface area contributed by atoms with Crippen LogP contribution in [0.1, 0.15) is 23.1 Å². The van der Waals surface area contributed by atoms with E-state index in [9.17, 15) is 13.2 Å². The molecule has 0 fully saturated rings. The summed E-state index contributed by atoms with van der Waals surface area (Å²) in [6, 6.07) is 19.2. The zero-order valence-corrected chi connectivity index (χ0v) is 15.8. The Kier molecular flexibility index (Phi) is 4.70. The molecular formula is C22H21NO3S. The first-order valence-corrected chi connectivity index (χ1v) is 10.9. The van der Waals surface area contributed by atoms with Crippen LogP contribution in [0.3, 0.4) is 0 Å². The van der Waals surface area contributed by atoms with Gasteiger partial charge in [0.15, 0.2) is 9.84 Å². The van der Waals surface area contributed by atoms with Gasteiger partial charge in [0.25, 0.3) is 0 Å². The van der Waals surface area contributed by atoms with Crippen LogP contribution in [-0.4, -0.2) is 20.1 Å². The lowest BCUT2D eigenvalue weighted by Crippen LogP contribution is -2.18. The molecule has 0 radical (unpaired) electrons. The van der Waals surface area contributed by atoms with Crippen molar-refractivity contribution < 1.29 is 13.2 Å². The van der Waals surface area contributed by atoms with E-state index in [-0.39, 0.29) is 23.8 Å². The Morgan fingerprint density at radius 2 is 1.63 bits per heavy atom. The van der Waals surface area contributed by atoms with Gasteiger partial charge < -0.3 is 5.32 Å². The number of anilines is 1. The van der Waals surface area contributed by atoms with E-state index in [1.165, 1.54) is 16.5 Å². The van der Waals surface area contributed by atoms with Crippen LogP contribution in [-0.2, 0) is 33.2 Å². The lowest BCUT2D eigenvalue weighted by Gasteiger charge is -2.11. The summed E-state index contributed by atoms with van der Waals surface area (Å²) in [6.07, 6.45) is 2.02. The van der Waals surface area contributed by atoms with Gasteiger partial charge in [0.1, 0.15) is 0 Å². The van der Waals surface area contributed by atoms with Crippen LogP contribution in [0, 0.1) is 0 Å². The first-order valence-electron chi connectivity index (χ1n) is 9.09. The average Bonchev–Trinajstić information content (AvgIpc) is 3.08. The summed E-state index contributed by atoms with van der Waals surface area (Å²) in [5.41, 5.74) is 4.11. The zero-order chi connectivity index (χ0) is 18.9. The Morgan fingerprint density at radius 1 is 0.889 bits per heavy atom. The molecule has 5 heteroatoms. The highest BCUT2D eigenvalue weighted by Gasteiger charge is 2.18. The van der Waals surface area contributed by atoms with Gasteiger partial charge in [0.05, 0.1) is 11.5 Å². The Labute approximate surface area is 159 Å². The van der Waals surface area contributed by atoms with Gasteiger partial charge >= 0.3 is 0 Å². The fourth-order valence-electron chi connectivity index (χ4n) is 3.72. The minimum absolute atomic E-state index is 0.0396. The average molecular weight is 379 g/mol. The van der Waals surface area contributed by atoms with E-state index in [1.807, 2.05) is 36.4 Å². The summed E-state index contributed by atoms with van der Waals surface area (Å²) in [6.45, 7) is 0. The van der Waals surface area contributed by atoms with E-state index in [0.717, 1.165) is 29.5 Å². The number of nitrogens with one attached hydrogen (secondary N) is 1. The van der Waals surface area contributed by atoms with Crippen LogP contribution in [0.5, 0.6) is 0 Å². The maximum Gasteiger partial charge on any atom is 0.225 e. The molecule has 0 saturated heterocycles. The molecule has 0 unspecified atom stereocenters. The van der Waals surface area contributed by atoms with E-state index in [1.54, 1.807) is 12.1 Å². The molecule has 4 nitrogen and oxygen atoms in total. The molecule has 0 atom stereocenters. The van der Waals surface area contributed by atoms with Crippen molar-refractivity contribution in [2.24, 2.45) is 0 Å². The quantitative estimate of drug-likeness (QED) is 0.707. The summed E-state index contributed by atoms with van der Waals surface area (Å²) in [4.78, 5) is 12.4. The lowest BCUT2D eigenvalue weighted by molar-refractivity contribution is -0.115. The Morgan fingerprint density at radius 3 is 2.41 bits per heavy atom. The van der Waals surface area contributed by atoms with Crippen molar-refractivity contribution in [1.29, 1.82) is 0 Å². The maximum absolute atomic E-state index is 12.4. The maximum atomic E-state index is 12.4. The van der Waals surface area contributed by atoms with Crippen molar-refractivity contribution in [3.63, 3.8) is 0 Å². The first-order chi connectivity index (χ1) is 13.0. The number of aryl methyl sites for hydroxylation is 2. The van der Waals surface area contributed by atoms with Crippen LogP contribution < -0.4 is 5.32 Å². The SMILES string of the molecule is O=C(CCS(=O)(=O)Cc1ccccc1)Nc1ccc2c3c(cccc13)CC2. The van der Waals surface area contributed by atoms with E-state index < -0.39 is 9.84 Å². The van der Waals surface area contributed by atoms with Crippen molar-refractivity contribution in [2.75, 3.05) is 11.1 Å². The van der Waals surface area contributed by atoms with Gasteiger partial charge in [-0.15, -0.1) is 0 Å². The molecule has 0 aromatic heterocycles. The molecule has 1 aliphatic rings. The van der Waals surface area contributed by atoms with Crippen LogP contribution in [0.15, 0.2) is 60.7 Å². The van der Waals surface area contributed by atoms with E-state index in [2.05, 4.69) is 17.4 Å². The minimum Gasteiger partial charge on any atom is -0.325 e. The number of hydrogen-bond acceptors (Lipinski definition) is 3. The molecule has 1 N–H and O–H groups in total. The van der Waals surface area contributed by atoms with Gasteiger partial charge in [-0.2, -0.15) is 0 Å². The Bertz CT molecular complexity index is 1090. The van der Waals surface area contributed by atoms with E-state index >= 15 is 0 Å². The molecule has 4 rings (SSSR count). The number of hydrogen-bond donors (Lipinski definition) is 1. The second-order valence-electron chi connectivity index (χ2n) is 6.99. The second-order valence-corrected chi connectivity index (χ2v) is 9.17. The molecule has 3 aromatic carbocycles.